The molecule has 5 aromatic rings. The van der Waals surface area contributed by atoms with Crippen LogP contribution in [0, 0.1) is 0 Å². The van der Waals surface area contributed by atoms with E-state index in [1.54, 1.807) is 0 Å². The fourth-order valence-electron chi connectivity index (χ4n) is 4.40. The van der Waals surface area contributed by atoms with Gasteiger partial charge in [0, 0.05) is 16.8 Å². The number of rotatable bonds is 13. The molecule has 3 heterocycles. The molecule has 5 rings (SSSR count). The van der Waals surface area contributed by atoms with Crippen LogP contribution in [0.2, 0.25) is 0 Å². The van der Waals surface area contributed by atoms with E-state index >= 15 is 0 Å². The number of nitrogens with one attached hydrogen (secondary N) is 2. The minimum absolute atomic E-state index is 0. The molecular weight excluding hydrogens is 813 g/mol. The summed E-state index contributed by atoms with van der Waals surface area (Å²) < 4.78 is 1.79. The number of azo groups is 1. The average molecular weight is 837 g/mol. The van der Waals surface area contributed by atoms with E-state index in [0.717, 1.165) is 46.8 Å². The summed E-state index contributed by atoms with van der Waals surface area (Å²) in [6.07, 6.45) is 0. The molecule has 0 aliphatic carbocycles. The summed E-state index contributed by atoms with van der Waals surface area (Å²) >= 11 is 2.70. The number of carbonyl (C=O) groups is 4. The van der Waals surface area contributed by atoms with Crippen molar-refractivity contribution in [3.05, 3.63) is 64.3 Å². The summed E-state index contributed by atoms with van der Waals surface area (Å²) in [4.78, 5) is 59.3. The molecule has 20 nitrogen and oxygen atoms in total. The maximum Gasteiger partial charge on any atom is 1.00 e. The molecule has 2 aromatic carbocycles. The first-order valence-electron chi connectivity index (χ1n) is 14.8. The van der Waals surface area contributed by atoms with Gasteiger partial charge in [-0.05, 0) is 64.4 Å². The van der Waals surface area contributed by atoms with Gasteiger partial charge in [0.1, 0.15) is 0 Å². The number of carboxylic acid groups (broad SMARTS) is 4. The molecule has 0 amide bonds. The van der Waals surface area contributed by atoms with Gasteiger partial charge in [0.25, 0.3) is 11.1 Å². The smallest absolute Gasteiger partial charge is 0.545 e. The van der Waals surface area contributed by atoms with E-state index in [1.165, 1.54) is 23.1 Å². The Bertz CT molecular complexity index is 2130. The number of thioether (sulfide) groups is 1. The molecule has 0 atom stereocenters. The maximum atomic E-state index is 11.6. The molecule has 0 unspecified atom stereocenters. The van der Waals surface area contributed by atoms with Gasteiger partial charge in [-0.3, -0.25) is 0 Å². The number of nitrogen functional groups attached to an aromatic ring is 1. The quantitative estimate of drug-likeness (QED) is 0.0563. The minimum Gasteiger partial charge on any atom is -0.545 e. The molecular formula is C30H24N12Na4O8S2. The predicted octanol–water partition coefficient (Wildman–Crippen LogP) is -11.7. The van der Waals surface area contributed by atoms with E-state index in [2.05, 4.69) is 51.1 Å². The fourth-order valence-corrected chi connectivity index (χ4v) is 5.96. The van der Waals surface area contributed by atoms with Crippen LogP contribution in [-0.2, 0) is 5.41 Å². The first-order valence-corrected chi connectivity index (χ1v) is 16.6. The molecule has 56 heavy (non-hydrogen) atoms. The number of aromatic carboxylic acids is 4. The second kappa shape index (κ2) is 22.0. The Morgan fingerprint density at radius 2 is 1.20 bits per heavy atom. The van der Waals surface area contributed by atoms with E-state index in [0.29, 0.717) is 10.0 Å². The molecule has 0 spiro atoms. The topological polar surface area (TPSA) is 318 Å². The second-order valence-corrected chi connectivity index (χ2v) is 14.0. The number of aromatic nitrogens is 7. The summed E-state index contributed by atoms with van der Waals surface area (Å²) in [6, 6.07) is 5.85. The zero-order valence-corrected chi connectivity index (χ0v) is 41.0. The summed E-state index contributed by atoms with van der Waals surface area (Å²) in [5.74, 6) is -7.02. The Hall–Kier alpha value is -2.55. The van der Waals surface area contributed by atoms with E-state index in [9.17, 15) is 39.6 Å². The number of hydrogen-bond acceptors (Lipinski definition) is 21. The Morgan fingerprint density at radius 3 is 1.59 bits per heavy atom. The van der Waals surface area contributed by atoms with Crippen LogP contribution in [0.5, 0.6) is 0 Å². The number of nitrogens with zero attached hydrogens (tertiary/aromatic N) is 9. The van der Waals surface area contributed by atoms with Crippen LogP contribution in [0.25, 0.3) is 5.95 Å². The number of carboxylic acids is 4. The maximum absolute atomic E-state index is 11.6. The van der Waals surface area contributed by atoms with E-state index in [-0.39, 0.29) is 164 Å². The number of nitrogens with two attached hydrogens (primary N) is 1. The molecule has 0 bridgehead atoms. The summed E-state index contributed by atoms with van der Waals surface area (Å²) in [6.45, 7) is 7.48. The molecule has 0 saturated heterocycles. The number of hydrogen-bond donors (Lipinski definition) is 3. The van der Waals surface area contributed by atoms with Gasteiger partial charge in [-0.1, -0.05) is 50.8 Å². The Kier molecular flexibility index (Phi) is 20.2. The van der Waals surface area contributed by atoms with Crippen molar-refractivity contribution in [2.75, 3.05) is 22.1 Å². The van der Waals surface area contributed by atoms with Gasteiger partial charge in [-0.25, -0.2) is 0 Å². The van der Waals surface area contributed by atoms with Crippen LogP contribution < -0.4 is 155 Å². The third kappa shape index (κ3) is 13.0. The van der Waals surface area contributed by atoms with Crippen molar-refractivity contribution in [3.63, 3.8) is 0 Å². The van der Waals surface area contributed by atoms with Crippen molar-refractivity contribution in [3.8, 4) is 5.95 Å². The van der Waals surface area contributed by atoms with Crippen LogP contribution in [0.1, 0.15) is 74.8 Å². The predicted molar refractivity (Wildman–Crippen MR) is 177 cm³/mol. The third-order valence-electron chi connectivity index (χ3n) is 6.64. The van der Waals surface area contributed by atoms with Gasteiger partial charge in [0.2, 0.25) is 11.9 Å². The SMILES string of the molecule is CCSc1nnc(N=Nc2c(C(C)(C)C)nn(-c3nc(Nc4cc(C(=O)[O-])cc(C(=O)[O-])c4)nc(Nc4cc(C(=O)[O-])cc(C(=O)[O-])c4)n3)c2N)s1.[Na+].[Na+].[Na+].[Na+]. The summed E-state index contributed by atoms with van der Waals surface area (Å²) in [7, 11) is 0. The van der Waals surface area contributed by atoms with Gasteiger partial charge in [-0.2, -0.15) is 24.7 Å². The van der Waals surface area contributed by atoms with Crippen molar-refractivity contribution in [2.45, 2.75) is 37.4 Å². The van der Waals surface area contributed by atoms with Gasteiger partial charge < -0.3 is 56.0 Å². The second-order valence-electron chi connectivity index (χ2n) is 11.5. The van der Waals surface area contributed by atoms with E-state index < -0.39 is 51.5 Å². The van der Waals surface area contributed by atoms with Crippen molar-refractivity contribution < 1.29 is 158 Å². The molecule has 3 aromatic heterocycles. The average Bonchev–Trinajstić information content (AvgIpc) is 3.66. The third-order valence-corrected chi connectivity index (χ3v) is 8.46. The Morgan fingerprint density at radius 1 is 0.750 bits per heavy atom. The van der Waals surface area contributed by atoms with Crippen LogP contribution >= 0.6 is 23.1 Å². The van der Waals surface area contributed by atoms with Gasteiger partial charge in [0.15, 0.2) is 15.8 Å². The van der Waals surface area contributed by atoms with Crippen LogP contribution in [0.15, 0.2) is 51.0 Å². The number of carbonyl (C=O) groups excluding carboxylic acids is 4. The van der Waals surface area contributed by atoms with Crippen LogP contribution in [0.4, 0.5) is 39.9 Å². The van der Waals surface area contributed by atoms with Crippen molar-refractivity contribution in [1.82, 2.24) is 34.9 Å². The monoisotopic (exact) mass is 836 g/mol. The van der Waals surface area contributed by atoms with Crippen molar-refractivity contribution in [1.29, 1.82) is 0 Å². The van der Waals surface area contributed by atoms with Gasteiger partial charge in [-0.15, -0.1) is 20.4 Å². The normalized spacial score (nSPS) is 10.6. The zero-order valence-electron chi connectivity index (χ0n) is 31.4. The molecule has 4 N–H and O–H groups in total. The first-order chi connectivity index (χ1) is 24.5. The molecule has 268 valence electrons. The molecule has 0 fully saturated rings. The summed E-state index contributed by atoms with van der Waals surface area (Å²) in [5.41, 5.74) is 4.06. The molecule has 0 aliphatic heterocycles. The largest absolute Gasteiger partial charge is 1.00 e. The number of anilines is 5. The minimum atomic E-state index is -1.68. The van der Waals surface area contributed by atoms with Gasteiger partial charge in [0.05, 0.1) is 29.6 Å². The molecule has 26 heteroatoms. The van der Waals surface area contributed by atoms with E-state index in [4.69, 9.17) is 5.73 Å². The Balaban J connectivity index is 0.00000392. The van der Waals surface area contributed by atoms with Crippen molar-refractivity contribution >= 4 is 86.9 Å². The molecule has 0 saturated carbocycles. The first kappa shape index (κ1) is 51.5. The zero-order chi connectivity index (χ0) is 37.9. The fraction of sp³-hybridized carbons (Fsp3) is 0.200. The molecule has 0 radical (unpaired) electrons. The standard InChI is InChI=1S/C30H28N12O8S2.4Na/c1-5-51-29-40-39-28(52-29)38-37-18-19(30(2,3)4)41-42(20(18)31)27-35-25(32-16-8-12(21(43)44)6-13(9-16)22(45)46)34-26(36-27)33-17-10-14(23(47)48)7-15(11-17)24(49)50;;;;/h6-11H,5,31H2,1-4H3,(H,43,44)(H,45,46)(H,47,48)(H,49,50)(H2,32,33,34,35,36);;;;/q;4*+1/p-4. The number of benzene rings is 2. The Labute approximate surface area is 414 Å². The summed E-state index contributed by atoms with van der Waals surface area (Å²) in [5, 5.41) is 73.2. The van der Waals surface area contributed by atoms with Crippen LogP contribution in [0.3, 0.4) is 0 Å². The van der Waals surface area contributed by atoms with Gasteiger partial charge >= 0.3 is 118 Å². The van der Waals surface area contributed by atoms with Crippen LogP contribution in [-0.4, -0.2) is 64.6 Å². The molecule has 0 aliphatic rings. The van der Waals surface area contributed by atoms with Crippen molar-refractivity contribution in [2.24, 2.45) is 10.2 Å². The van der Waals surface area contributed by atoms with E-state index in [1.807, 2.05) is 27.7 Å².